The summed E-state index contributed by atoms with van der Waals surface area (Å²) in [7, 11) is 0. The maximum absolute atomic E-state index is 13.8. The molecular formula is C31H36Cl2N2O4. The van der Waals surface area contributed by atoms with Crippen LogP contribution in [0.15, 0.2) is 66.7 Å². The highest BCUT2D eigenvalue weighted by Gasteiger charge is 2.30. The van der Waals surface area contributed by atoms with Gasteiger partial charge in [0.25, 0.3) is 0 Å². The maximum atomic E-state index is 13.8. The number of amides is 2. The van der Waals surface area contributed by atoms with Crippen molar-refractivity contribution in [2.24, 2.45) is 0 Å². The lowest BCUT2D eigenvalue weighted by Crippen LogP contribution is -2.50. The molecule has 0 unspecified atom stereocenters. The van der Waals surface area contributed by atoms with Crippen LogP contribution >= 0.6 is 23.2 Å². The highest BCUT2D eigenvalue weighted by atomic mass is 35.5. The average molecular weight is 572 g/mol. The van der Waals surface area contributed by atoms with Gasteiger partial charge in [-0.1, -0.05) is 65.7 Å². The molecule has 2 amide bonds. The van der Waals surface area contributed by atoms with Crippen LogP contribution in [-0.4, -0.2) is 42.5 Å². The highest BCUT2D eigenvalue weighted by molar-refractivity contribution is 6.42. The molecule has 1 N–H and O–H groups in total. The van der Waals surface area contributed by atoms with Gasteiger partial charge in [0.05, 0.1) is 23.3 Å². The third kappa shape index (κ3) is 8.91. The van der Waals surface area contributed by atoms with Crippen molar-refractivity contribution in [3.63, 3.8) is 0 Å². The Morgan fingerprint density at radius 3 is 2.18 bits per heavy atom. The van der Waals surface area contributed by atoms with Crippen LogP contribution in [0.3, 0.4) is 0 Å². The molecule has 0 fully saturated rings. The first kappa shape index (κ1) is 30.3. The first-order chi connectivity index (χ1) is 18.9. The van der Waals surface area contributed by atoms with Gasteiger partial charge in [0, 0.05) is 25.9 Å². The Labute approximate surface area is 241 Å². The topological polar surface area (TPSA) is 67.9 Å². The number of carbonyl (C=O) groups is 2. The van der Waals surface area contributed by atoms with Crippen molar-refractivity contribution >= 4 is 35.0 Å². The van der Waals surface area contributed by atoms with Gasteiger partial charge >= 0.3 is 0 Å². The zero-order valence-corrected chi connectivity index (χ0v) is 24.2. The smallest absolute Gasteiger partial charge is 0.243 e. The Bertz CT molecular complexity index is 1240. The third-order valence-electron chi connectivity index (χ3n) is 6.19. The summed E-state index contributed by atoms with van der Waals surface area (Å²) in [6, 6.07) is 20.0. The van der Waals surface area contributed by atoms with Crippen LogP contribution in [0.5, 0.6) is 11.5 Å². The minimum atomic E-state index is -0.700. The molecule has 0 spiro atoms. The zero-order chi connectivity index (χ0) is 28.2. The van der Waals surface area contributed by atoms with Crippen molar-refractivity contribution in [2.75, 3.05) is 19.8 Å². The molecule has 0 aliphatic heterocycles. The SMILES string of the molecule is CCNC(=O)[C@H](Cc1ccccc1)N(Cc1ccc(Cl)c(Cl)c1)C(=O)CCc1ccc(OCC)c(OCC)c1. The van der Waals surface area contributed by atoms with Gasteiger partial charge in [0.1, 0.15) is 6.04 Å². The lowest BCUT2D eigenvalue weighted by molar-refractivity contribution is -0.141. The first-order valence-electron chi connectivity index (χ1n) is 13.3. The summed E-state index contributed by atoms with van der Waals surface area (Å²) >= 11 is 12.4. The third-order valence-corrected chi connectivity index (χ3v) is 6.93. The van der Waals surface area contributed by atoms with Gasteiger partial charge in [-0.15, -0.1) is 0 Å². The summed E-state index contributed by atoms with van der Waals surface area (Å²) < 4.78 is 11.4. The molecular weight excluding hydrogens is 535 g/mol. The summed E-state index contributed by atoms with van der Waals surface area (Å²) in [6.07, 6.45) is 1.08. The lowest BCUT2D eigenvalue weighted by Gasteiger charge is -2.31. The molecule has 6 nitrogen and oxygen atoms in total. The van der Waals surface area contributed by atoms with Crippen LogP contribution in [0.1, 0.15) is 43.9 Å². The van der Waals surface area contributed by atoms with Gasteiger partial charge < -0.3 is 19.7 Å². The Morgan fingerprint density at radius 2 is 1.51 bits per heavy atom. The van der Waals surface area contributed by atoms with E-state index in [1.165, 1.54) is 0 Å². The quantitative estimate of drug-likeness (QED) is 0.240. The van der Waals surface area contributed by atoms with Crippen LogP contribution in [0, 0.1) is 0 Å². The second-order valence-corrected chi connectivity index (χ2v) is 9.83. The molecule has 0 saturated carbocycles. The van der Waals surface area contributed by atoms with Gasteiger partial charge in [0.15, 0.2) is 11.5 Å². The summed E-state index contributed by atoms with van der Waals surface area (Å²) in [5.74, 6) is 0.991. The molecule has 0 radical (unpaired) electrons. The number of nitrogens with zero attached hydrogens (tertiary/aromatic N) is 1. The maximum Gasteiger partial charge on any atom is 0.243 e. The Morgan fingerprint density at radius 1 is 0.821 bits per heavy atom. The van der Waals surface area contributed by atoms with Gasteiger partial charge in [0.2, 0.25) is 11.8 Å². The van der Waals surface area contributed by atoms with E-state index in [4.69, 9.17) is 32.7 Å². The highest BCUT2D eigenvalue weighted by Crippen LogP contribution is 2.29. The first-order valence-corrected chi connectivity index (χ1v) is 14.0. The number of aryl methyl sites for hydroxylation is 1. The van der Waals surface area contributed by atoms with Crippen LogP contribution in [0.4, 0.5) is 0 Å². The van der Waals surface area contributed by atoms with Crippen molar-refractivity contribution < 1.29 is 19.1 Å². The Kier molecular flexibility index (Phi) is 12.0. The summed E-state index contributed by atoms with van der Waals surface area (Å²) in [5.41, 5.74) is 2.70. The number of rotatable bonds is 14. The fourth-order valence-electron chi connectivity index (χ4n) is 4.33. The molecule has 3 aromatic carbocycles. The van der Waals surface area contributed by atoms with E-state index >= 15 is 0 Å². The Balaban J connectivity index is 1.90. The largest absolute Gasteiger partial charge is 0.490 e. The van der Waals surface area contributed by atoms with Crippen molar-refractivity contribution in [3.05, 3.63) is 93.5 Å². The fourth-order valence-corrected chi connectivity index (χ4v) is 4.65. The molecule has 0 saturated heterocycles. The molecule has 3 aromatic rings. The van der Waals surface area contributed by atoms with E-state index in [2.05, 4.69) is 5.32 Å². The average Bonchev–Trinajstić information content (AvgIpc) is 2.93. The van der Waals surface area contributed by atoms with E-state index in [1.807, 2.05) is 75.4 Å². The van der Waals surface area contributed by atoms with Crippen molar-refractivity contribution in [2.45, 2.75) is 52.6 Å². The van der Waals surface area contributed by atoms with Crippen LogP contribution in [-0.2, 0) is 29.0 Å². The predicted octanol–water partition coefficient (Wildman–Crippen LogP) is 6.50. The second-order valence-electron chi connectivity index (χ2n) is 9.02. The molecule has 0 bridgehead atoms. The van der Waals surface area contributed by atoms with Crippen LogP contribution in [0.25, 0.3) is 0 Å². The van der Waals surface area contributed by atoms with Crippen molar-refractivity contribution in [1.82, 2.24) is 10.2 Å². The van der Waals surface area contributed by atoms with Gasteiger partial charge in [-0.05, 0) is 68.1 Å². The normalized spacial score (nSPS) is 11.5. The molecule has 0 heterocycles. The minimum Gasteiger partial charge on any atom is -0.490 e. The van der Waals surface area contributed by atoms with E-state index in [9.17, 15) is 9.59 Å². The number of carbonyl (C=O) groups excluding carboxylic acids is 2. The number of ether oxygens (including phenoxy) is 2. The molecule has 8 heteroatoms. The minimum absolute atomic E-state index is 0.139. The number of nitrogens with one attached hydrogen (secondary N) is 1. The van der Waals surface area contributed by atoms with Crippen LogP contribution < -0.4 is 14.8 Å². The van der Waals surface area contributed by atoms with Gasteiger partial charge in [-0.2, -0.15) is 0 Å². The molecule has 39 heavy (non-hydrogen) atoms. The monoisotopic (exact) mass is 570 g/mol. The standard InChI is InChI=1S/C31H36Cl2N2O4/c1-4-34-31(37)27(19-22-10-8-7-9-11-22)35(21-24-12-15-25(32)26(33)18-24)30(36)17-14-23-13-16-28(38-5-2)29(20-23)39-6-3/h7-13,15-16,18,20,27H,4-6,14,17,19,21H2,1-3H3,(H,34,37)/t27-/m0/s1. The lowest BCUT2D eigenvalue weighted by atomic mass is 10.0. The van der Waals surface area contributed by atoms with E-state index in [0.29, 0.717) is 54.1 Å². The van der Waals surface area contributed by atoms with E-state index in [0.717, 1.165) is 16.7 Å². The molecule has 0 aliphatic carbocycles. The van der Waals surface area contributed by atoms with E-state index in [1.54, 1.807) is 17.0 Å². The summed E-state index contributed by atoms with van der Waals surface area (Å²) in [6.45, 7) is 7.43. The zero-order valence-electron chi connectivity index (χ0n) is 22.7. The molecule has 0 aromatic heterocycles. The van der Waals surface area contributed by atoms with Gasteiger partial charge in [-0.3, -0.25) is 9.59 Å². The number of hydrogen-bond donors (Lipinski definition) is 1. The Hall–Kier alpha value is -3.22. The molecule has 3 rings (SSSR count). The van der Waals surface area contributed by atoms with E-state index < -0.39 is 6.04 Å². The number of halogens is 2. The number of likely N-dealkylation sites (N-methyl/N-ethyl adjacent to an activating group) is 1. The summed E-state index contributed by atoms with van der Waals surface area (Å²) in [5, 5.41) is 3.74. The molecule has 1 atom stereocenters. The predicted molar refractivity (Wildman–Crippen MR) is 157 cm³/mol. The van der Waals surface area contributed by atoms with Crippen molar-refractivity contribution in [1.29, 1.82) is 0 Å². The fraction of sp³-hybridized carbons (Fsp3) is 0.355. The van der Waals surface area contributed by atoms with Crippen molar-refractivity contribution in [3.8, 4) is 11.5 Å². The second kappa shape index (κ2) is 15.4. The molecule has 0 aliphatic rings. The number of hydrogen-bond acceptors (Lipinski definition) is 4. The van der Waals surface area contributed by atoms with Gasteiger partial charge in [-0.25, -0.2) is 0 Å². The number of benzene rings is 3. The van der Waals surface area contributed by atoms with E-state index in [-0.39, 0.29) is 24.8 Å². The van der Waals surface area contributed by atoms with Crippen LogP contribution in [0.2, 0.25) is 10.0 Å². The summed E-state index contributed by atoms with van der Waals surface area (Å²) in [4.78, 5) is 28.8. The molecule has 208 valence electrons.